The molecule has 0 unspecified atom stereocenters. The number of hydrogen-bond acceptors (Lipinski definition) is 3. The van der Waals surface area contributed by atoms with Gasteiger partial charge in [0.25, 0.3) is 0 Å². The Kier molecular flexibility index (Phi) is 3.42. The van der Waals surface area contributed by atoms with E-state index in [4.69, 9.17) is 4.74 Å². The maximum Gasteiger partial charge on any atom is 0.234 e. The normalized spacial score (nSPS) is 19.2. The van der Waals surface area contributed by atoms with E-state index in [2.05, 4.69) is 5.32 Å². The summed E-state index contributed by atoms with van der Waals surface area (Å²) in [6.45, 7) is 2.73. The van der Waals surface area contributed by atoms with Crippen molar-refractivity contribution < 1.29 is 14.3 Å². The Labute approximate surface area is 100.0 Å². The summed E-state index contributed by atoms with van der Waals surface area (Å²) in [6, 6.07) is 7.35. The first-order valence-electron chi connectivity index (χ1n) is 5.77. The van der Waals surface area contributed by atoms with Crippen LogP contribution >= 0.6 is 0 Å². The zero-order chi connectivity index (χ0) is 12.3. The summed E-state index contributed by atoms with van der Waals surface area (Å²) in [5.74, 6) is 0.0339. The van der Waals surface area contributed by atoms with Crippen LogP contribution in [0.1, 0.15) is 31.2 Å². The highest BCUT2D eigenvalue weighted by Crippen LogP contribution is 2.25. The number of hydrogen-bond donors (Lipinski definition) is 1. The van der Waals surface area contributed by atoms with Gasteiger partial charge < -0.3 is 4.74 Å². The van der Waals surface area contributed by atoms with Gasteiger partial charge in [-0.25, -0.2) is 0 Å². The minimum absolute atomic E-state index is 0.202. The Balaban J connectivity index is 2.07. The first-order valence-corrected chi connectivity index (χ1v) is 5.77. The van der Waals surface area contributed by atoms with Gasteiger partial charge in [-0.3, -0.25) is 14.9 Å². The lowest BCUT2D eigenvalue weighted by molar-refractivity contribution is -0.125. The van der Waals surface area contributed by atoms with E-state index in [9.17, 15) is 9.59 Å². The summed E-state index contributed by atoms with van der Waals surface area (Å²) < 4.78 is 5.45. The van der Waals surface area contributed by atoms with Crippen LogP contribution in [0, 0.1) is 0 Å². The molecule has 1 aromatic carbocycles. The van der Waals surface area contributed by atoms with Crippen LogP contribution in [0.5, 0.6) is 5.75 Å². The molecule has 1 saturated heterocycles. The fourth-order valence-electron chi connectivity index (χ4n) is 1.84. The molecule has 17 heavy (non-hydrogen) atoms. The molecule has 2 amide bonds. The molecular weight excluding hydrogens is 218 g/mol. The van der Waals surface area contributed by atoms with Crippen molar-refractivity contribution in [3.8, 4) is 5.75 Å². The van der Waals surface area contributed by atoms with E-state index in [0.717, 1.165) is 17.7 Å². The molecule has 1 N–H and O–H groups in total. The summed E-state index contributed by atoms with van der Waals surface area (Å²) >= 11 is 0. The van der Waals surface area contributed by atoms with Gasteiger partial charge >= 0.3 is 0 Å². The van der Waals surface area contributed by atoms with Crippen LogP contribution in [-0.4, -0.2) is 18.4 Å². The van der Waals surface area contributed by atoms with E-state index in [1.807, 2.05) is 31.2 Å². The SMILES string of the molecule is CCCOc1ccc([C@@H]2CC(=O)NC2=O)cc1. The number of carbonyl (C=O) groups is 2. The number of benzene rings is 1. The molecular formula is C13H15NO3. The fraction of sp³-hybridized carbons (Fsp3) is 0.385. The Morgan fingerprint density at radius 2 is 2.00 bits per heavy atom. The van der Waals surface area contributed by atoms with Crippen molar-refractivity contribution in [1.29, 1.82) is 0 Å². The third-order valence-electron chi connectivity index (χ3n) is 2.72. The molecule has 1 heterocycles. The van der Waals surface area contributed by atoms with Crippen LogP contribution in [0.4, 0.5) is 0 Å². The number of carbonyl (C=O) groups excluding carboxylic acids is 2. The van der Waals surface area contributed by atoms with Crippen LogP contribution in [-0.2, 0) is 9.59 Å². The van der Waals surface area contributed by atoms with Crippen molar-refractivity contribution in [2.75, 3.05) is 6.61 Å². The first kappa shape index (κ1) is 11.6. The first-order chi connectivity index (χ1) is 8.20. The highest BCUT2D eigenvalue weighted by Gasteiger charge is 2.31. The zero-order valence-corrected chi connectivity index (χ0v) is 9.73. The second-order valence-corrected chi connectivity index (χ2v) is 4.09. The lowest BCUT2D eigenvalue weighted by atomic mass is 9.98. The van der Waals surface area contributed by atoms with E-state index in [-0.39, 0.29) is 24.2 Å². The van der Waals surface area contributed by atoms with Crippen LogP contribution in [0.3, 0.4) is 0 Å². The van der Waals surface area contributed by atoms with Crippen molar-refractivity contribution in [1.82, 2.24) is 5.32 Å². The Morgan fingerprint density at radius 3 is 2.53 bits per heavy atom. The molecule has 1 fully saturated rings. The molecule has 90 valence electrons. The summed E-state index contributed by atoms with van der Waals surface area (Å²) in [5.41, 5.74) is 0.859. The van der Waals surface area contributed by atoms with Gasteiger partial charge in [-0.05, 0) is 24.1 Å². The summed E-state index contributed by atoms with van der Waals surface area (Å²) in [7, 11) is 0. The van der Waals surface area contributed by atoms with Gasteiger partial charge in [0.2, 0.25) is 11.8 Å². The van der Waals surface area contributed by atoms with Crippen molar-refractivity contribution in [2.24, 2.45) is 0 Å². The van der Waals surface area contributed by atoms with Gasteiger partial charge in [-0.1, -0.05) is 19.1 Å². The highest BCUT2D eigenvalue weighted by molar-refractivity contribution is 6.06. The molecule has 1 aromatic rings. The molecule has 0 spiro atoms. The lowest BCUT2D eigenvalue weighted by Crippen LogP contribution is -2.21. The smallest absolute Gasteiger partial charge is 0.234 e. The van der Waals surface area contributed by atoms with Gasteiger partial charge in [0.05, 0.1) is 12.5 Å². The van der Waals surface area contributed by atoms with Crippen LogP contribution in [0.2, 0.25) is 0 Å². The van der Waals surface area contributed by atoms with E-state index >= 15 is 0 Å². The van der Waals surface area contributed by atoms with E-state index in [1.165, 1.54) is 0 Å². The molecule has 1 aliphatic heterocycles. The standard InChI is InChI=1S/C13H15NO3/c1-2-7-17-10-5-3-9(4-6-10)11-8-12(15)14-13(11)16/h3-6,11H,2,7-8H2,1H3,(H,14,15,16)/t11-/m0/s1. The quantitative estimate of drug-likeness (QED) is 0.804. The minimum atomic E-state index is -0.345. The van der Waals surface area contributed by atoms with E-state index in [1.54, 1.807) is 0 Å². The van der Waals surface area contributed by atoms with Gasteiger partial charge in [0.15, 0.2) is 0 Å². The maximum atomic E-state index is 11.5. The third-order valence-corrected chi connectivity index (χ3v) is 2.72. The maximum absolute atomic E-state index is 11.5. The molecule has 0 aliphatic carbocycles. The number of ether oxygens (including phenoxy) is 1. The predicted octanol–water partition coefficient (Wildman–Crippen LogP) is 1.61. The number of imide groups is 1. The second kappa shape index (κ2) is 4.99. The van der Waals surface area contributed by atoms with Gasteiger partial charge in [0, 0.05) is 6.42 Å². The molecule has 4 heteroatoms. The Morgan fingerprint density at radius 1 is 1.29 bits per heavy atom. The van der Waals surface area contributed by atoms with Crippen molar-refractivity contribution in [3.63, 3.8) is 0 Å². The largest absolute Gasteiger partial charge is 0.494 e. The second-order valence-electron chi connectivity index (χ2n) is 4.09. The van der Waals surface area contributed by atoms with Crippen molar-refractivity contribution in [2.45, 2.75) is 25.7 Å². The van der Waals surface area contributed by atoms with Gasteiger partial charge in [0.1, 0.15) is 5.75 Å². The highest BCUT2D eigenvalue weighted by atomic mass is 16.5. The molecule has 0 bridgehead atoms. The summed E-state index contributed by atoms with van der Waals surface area (Å²) in [6.07, 6.45) is 1.20. The monoisotopic (exact) mass is 233 g/mol. The molecule has 1 aliphatic rings. The van der Waals surface area contributed by atoms with Crippen molar-refractivity contribution >= 4 is 11.8 Å². The minimum Gasteiger partial charge on any atom is -0.494 e. The number of rotatable bonds is 4. The number of amides is 2. The fourth-order valence-corrected chi connectivity index (χ4v) is 1.84. The third kappa shape index (κ3) is 2.64. The molecule has 2 rings (SSSR count). The average Bonchev–Trinajstić information content (AvgIpc) is 2.66. The van der Waals surface area contributed by atoms with E-state index in [0.29, 0.717) is 6.61 Å². The molecule has 0 aromatic heterocycles. The zero-order valence-electron chi connectivity index (χ0n) is 9.73. The lowest BCUT2D eigenvalue weighted by Gasteiger charge is -2.08. The topological polar surface area (TPSA) is 55.4 Å². The van der Waals surface area contributed by atoms with Gasteiger partial charge in [-0.15, -0.1) is 0 Å². The van der Waals surface area contributed by atoms with Crippen LogP contribution in [0.25, 0.3) is 0 Å². The Hall–Kier alpha value is -1.84. The molecule has 4 nitrogen and oxygen atoms in total. The van der Waals surface area contributed by atoms with Crippen LogP contribution in [0.15, 0.2) is 24.3 Å². The van der Waals surface area contributed by atoms with E-state index < -0.39 is 0 Å². The summed E-state index contributed by atoms with van der Waals surface area (Å²) in [4.78, 5) is 22.6. The predicted molar refractivity (Wildman–Crippen MR) is 62.7 cm³/mol. The van der Waals surface area contributed by atoms with Crippen molar-refractivity contribution in [3.05, 3.63) is 29.8 Å². The Bertz CT molecular complexity index is 425. The average molecular weight is 233 g/mol. The molecule has 0 saturated carbocycles. The van der Waals surface area contributed by atoms with Crippen LogP contribution < -0.4 is 10.1 Å². The molecule has 0 radical (unpaired) electrons. The van der Waals surface area contributed by atoms with Gasteiger partial charge in [-0.2, -0.15) is 0 Å². The number of nitrogens with one attached hydrogen (secondary N) is 1. The summed E-state index contributed by atoms with van der Waals surface area (Å²) in [5, 5.41) is 2.31. The molecule has 1 atom stereocenters.